The van der Waals surface area contributed by atoms with Crippen LogP contribution in [0.1, 0.15) is 53.9 Å². The van der Waals surface area contributed by atoms with Crippen molar-refractivity contribution in [3.8, 4) is 11.9 Å². The fourth-order valence-electron chi connectivity index (χ4n) is 3.50. The van der Waals surface area contributed by atoms with Crippen molar-refractivity contribution in [3.05, 3.63) is 46.6 Å². The molecule has 1 saturated heterocycles. The maximum Gasteiger partial charge on any atom is 0.258 e. The minimum absolute atomic E-state index is 0.0175. The van der Waals surface area contributed by atoms with Crippen LogP contribution in [-0.4, -0.2) is 47.8 Å². The first-order valence-electron chi connectivity index (χ1n) is 10.1. The second kappa shape index (κ2) is 8.88. The number of hydrogen-bond acceptors (Lipinski definition) is 7. The Bertz CT molecular complexity index is 1020. The summed E-state index contributed by atoms with van der Waals surface area (Å²) < 4.78 is 12.4. The lowest BCUT2D eigenvalue weighted by Gasteiger charge is -2.34. The van der Waals surface area contributed by atoms with Crippen LogP contribution in [0.2, 0.25) is 0 Å². The van der Waals surface area contributed by atoms with Gasteiger partial charge in [-0.2, -0.15) is 15.0 Å². The number of benzene rings is 1. The van der Waals surface area contributed by atoms with Crippen LogP contribution in [0.15, 0.2) is 24.3 Å². The summed E-state index contributed by atoms with van der Waals surface area (Å²) in [5.41, 5.74) is 6.91. The maximum atomic E-state index is 13.3. The van der Waals surface area contributed by atoms with Gasteiger partial charge in [0, 0.05) is 31.2 Å². The highest BCUT2D eigenvalue weighted by atomic mass is 16.5. The molecule has 4 N–H and O–H groups in total. The number of nitrogens with zero attached hydrogens (tertiary/aromatic N) is 3. The largest absolute Gasteiger partial charge is 0.472 e. The van der Waals surface area contributed by atoms with E-state index in [4.69, 9.17) is 20.6 Å². The number of amidine groups is 1. The van der Waals surface area contributed by atoms with E-state index in [0.717, 1.165) is 5.56 Å². The molecule has 3 rings (SSSR count). The molecule has 1 aromatic carbocycles. The lowest BCUT2D eigenvalue weighted by atomic mass is 9.88. The quantitative estimate of drug-likeness (QED) is 0.435. The molecule has 0 radical (unpaired) electrons. The van der Waals surface area contributed by atoms with Crippen LogP contribution in [0, 0.1) is 22.2 Å². The molecule has 1 fully saturated rings. The van der Waals surface area contributed by atoms with Gasteiger partial charge in [0.2, 0.25) is 5.88 Å². The number of hydrogen-bond donors (Lipinski definition) is 3. The first kappa shape index (κ1) is 22.5. The van der Waals surface area contributed by atoms with Gasteiger partial charge in [-0.25, -0.2) is 0 Å². The Kier molecular flexibility index (Phi) is 6.43. The topological polar surface area (TPSA) is 139 Å². The Morgan fingerprint density at radius 2 is 2.10 bits per heavy atom. The molecule has 0 aliphatic carbocycles. The summed E-state index contributed by atoms with van der Waals surface area (Å²) in [6, 6.07) is 9.38. The van der Waals surface area contributed by atoms with E-state index in [-0.39, 0.29) is 48.4 Å². The molecule has 2 unspecified atom stereocenters. The Hall–Kier alpha value is -3.22. The Labute approximate surface area is 181 Å². The molecule has 2 atom stereocenters. The number of ether oxygens (including phenoxy) is 2. The SMILES string of the molecule is COCC(C)(C)C(=O)n1nc(C2CNC2C)c(C#N)c1OCc1ccc(C(=N)N)cc1. The van der Waals surface area contributed by atoms with E-state index in [1.165, 1.54) is 11.8 Å². The van der Waals surface area contributed by atoms with E-state index in [1.54, 1.807) is 38.1 Å². The normalized spacial score (nSPS) is 18.2. The summed E-state index contributed by atoms with van der Waals surface area (Å²) in [7, 11) is 1.54. The smallest absolute Gasteiger partial charge is 0.258 e. The van der Waals surface area contributed by atoms with E-state index >= 15 is 0 Å². The fourth-order valence-corrected chi connectivity index (χ4v) is 3.50. The lowest BCUT2D eigenvalue weighted by molar-refractivity contribution is 0.0509. The van der Waals surface area contributed by atoms with Crippen molar-refractivity contribution >= 4 is 11.7 Å². The van der Waals surface area contributed by atoms with Gasteiger partial charge in [0.1, 0.15) is 24.1 Å². The number of aromatic nitrogens is 2. The molecule has 0 bridgehead atoms. The number of nitrogen functional groups attached to an aromatic ring is 1. The van der Waals surface area contributed by atoms with Gasteiger partial charge in [0.25, 0.3) is 5.91 Å². The first-order chi connectivity index (χ1) is 14.7. The standard InChI is InChI=1S/C22H28N6O3/c1-13-17(10-26-13)18-16(9-23)20(28(27-18)21(29)22(2,3)12-30-4)31-11-14-5-7-15(8-6-14)19(24)25/h5-8,13,17,26H,10-12H2,1-4H3,(H3,24,25). The molecular formula is C22H28N6O3. The highest BCUT2D eigenvalue weighted by Gasteiger charge is 2.38. The van der Waals surface area contributed by atoms with Gasteiger partial charge in [0.15, 0.2) is 0 Å². The molecule has 1 aromatic heterocycles. The number of nitrogens with two attached hydrogens (primary N) is 1. The van der Waals surface area contributed by atoms with Gasteiger partial charge < -0.3 is 20.5 Å². The summed E-state index contributed by atoms with van der Waals surface area (Å²) in [4.78, 5) is 13.3. The number of methoxy groups -OCH3 is 1. The molecule has 9 heteroatoms. The predicted molar refractivity (Wildman–Crippen MR) is 115 cm³/mol. The minimum Gasteiger partial charge on any atom is -0.472 e. The zero-order valence-corrected chi connectivity index (χ0v) is 18.2. The molecule has 0 spiro atoms. The molecule has 0 amide bonds. The van der Waals surface area contributed by atoms with Gasteiger partial charge in [-0.05, 0) is 26.3 Å². The lowest BCUT2D eigenvalue weighted by Crippen LogP contribution is -2.49. The Morgan fingerprint density at radius 1 is 1.42 bits per heavy atom. The van der Waals surface area contributed by atoms with Crippen molar-refractivity contribution in [2.24, 2.45) is 11.1 Å². The van der Waals surface area contributed by atoms with Crippen molar-refractivity contribution < 1.29 is 14.3 Å². The predicted octanol–water partition coefficient (Wildman–Crippen LogP) is 2.01. The first-order valence-corrected chi connectivity index (χ1v) is 10.1. The van der Waals surface area contributed by atoms with Crippen molar-refractivity contribution in [3.63, 3.8) is 0 Å². The highest BCUT2D eigenvalue weighted by Crippen LogP contribution is 2.34. The molecular weight excluding hydrogens is 396 g/mol. The molecule has 164 valence electrons. The van der Waals surface area contributed by atoms with Crippen molar-refractivity contribution in [2.45, 2.75) is 39.3 Å². The number of rotatable bonds is 8. The number of carbonyl (C=O) groups is 1. The summed E-state index contributed by atoms with van der Waals surface area (Å²) in [5, 5.41) is 25.2. The highest BCUT2D eigenvalue weighted by molar-refractivity contribution is 5.94. The molecule has 9 nitrogen and oxygen atoms in total. The minimum atomic E-state index is -0.852. The van der Waals surface area contributed by atoms with E-state index < -0.39 is 5.41 Å². The number of nitrogens with one attached hydrogen (secondary N) is 2. The number of nitriles is 1. The van der Waals surface area contributed by atoms with Gasteiger partial charge >= 0.3 is 0 Å². The van der Waals surface area contributed by atoms with E-state index in [9.17, 15) is 10.1 Å². The molecule has 0 saturated carbocycles. The van der Waals surface area contributed by atoms with Gasteiger partial charge in [-0.15, -0.1) is 0 Å². The van der Waals surface area contributed by atoms with Crippen LogP contribution in [0.25, 0.3) is 0 Å². The average molecular weight is 425 g/mol. The van der Waals surface area contributed by atoms with Gasteiger partial charge in [0.05, 0.1) is 17.7 Å². The van der Waals surface area contributed by atoms with Crippen LogP contribution in [-0.2, 0) is 11.3 Å². The monoisotopic (exact) mass is 424 g/mol. The van der Waals surface area contributed by atoms with Gasteiger partial charge in [-0.3, -0.25) is 10.2 Å². The van der Waals surface area contributed by atoms with Crippen LogP contribution in [0.5, 0.6) is 5.88 Å². The maximum absolute atomic E-state index is 13.3. The molecule has 31 heavy (non-hydrogen) atoms. The zero-order chi connectivity index (χ0) is 22.8. The van der Waals surface area contributed by atoms with Crippen LogP contribution in [0.3, 0.4) is 0 Å². The summed E-state index contributed by atoms with van der Waals surface area (Å²) in [5.74, 6) is -0.150. The van der Waals surface area contributed by atoms with Crippen LogP contribution < -0.4 is 15.8 Å². The third kappa shape index (κ3) is 4.45. The van der Waals surface area contributed by atoms with Crippen molar-refractivity contribution in [1.29, 1.82) is 10.7 Å². The molecule has 1 aliphatic rings. The Balaban J connectivity index is 1.97. The van der Waals surface area contributed by atoms with Gasteiger partial charge in [-0.1, -0.05) is 24.3 Å². The fraction of sp³-hybridized carbons (Fsp3) is 0.455. The molecule has 2 heterocycles. The summed E-state index contributed by atoms with van der Waals surface area (Å²) >= 11 is 0. The Morgan fingerprint density at radius 3 is 2.58 bits per heavy atom. The second-order valence-corrected chi connectivity index (χ2v) is 8.41. The number of carbonyl (C=O) groups excluding carboxylic acids is 1. The van der Waals surface area contributed by atoms with E-state index in [0.29, 0.717) is 17.8 Å². The van der Waals surface area contributed by atoms with E-state index in [2.05, 4.69) is 16.5 Å². The summed E-state index contributed by atoms with van der Waals surface area (Å²) in [6.45, 7) is 6.58. The zero-order valence-electron chi connectivity index (χ0n) is 18.2. The van der Waals surface area contributed by atoms with Crippen molar-refractivity contribution in [1.82, 2.24) is 15.1 Å². The third-order valence-electron chi connectivity index (χ3n) is 5.51. The summed E-state index contributed by atoms with van der Waals surface area (Å²) in [6.07, 6.45) is 0. The average Bonchev–Trinajstić information content (AvgIpc) is 3.08. The molecule has 1 aliphatic heterocycles. The second-order valence-electron chi connectivity index (χ2n) is 8.41. The molecule has 2 aromatic rings. The van der Waals surface area contributed by atoms with Crippen molar-refractivity contribution in [2.75, 3.05) is 20.3 Å². The van der Waals surface area contributed by atoms with E-state index in [1.807, 2.05) is 6.92 Å². The van der Waals surface area contributed by atoms with Crippen LogP contribution >= 0.6 is 0 Å². The third-order valence-corrected chi connectivity index (χ3v) is 5.51. The van der Waals surface area contributed by atoms with Crippen LogP contribution in [0.4, 0.5) is 0 Å².